The number of anilines is 1. The number of hydrogen-bond acceptors (Lipinski definition) is 3. The van der Waals surface area contributed by atoms with Gasteiger partial charge in [0.1, 0.15) is 12.4 Å². The minimum absolute atomic E-state index is 0.0584. The van der Waals surface area contributed by atoms with E-state index in [1.165, 1.54) is 6.42 Å². The van der Waals surface area contributed by atoms with Gasteiger partial charge in [0.25, 0.3) is 0 Å². The fraction of sp³-hybridized carbons (Fsp3) is 0.526. The first kappa shape index (κ1) is 16.1. The number of amidine groups is 1. The molecule has 2 heterocycles. The maximum Gasteiger partial charge on any atom is 0.330 e. The Labute approximate surface area is 147 Å². The summed E-state index contributed by atoms with van der Waals surface area (Å²) in [6.45, 7) is 3.45. The summed E-state index contributed by atoms with van der Waals surface area (Å²) in [6, 6.07) is 7.76. The standard InChI is InChI=1S/C19H24N4O2/c1-13-6-2-4-8-15(13)21-17(24)12-23-16-9-5-3-7-14(16)18-20-10-11-22(18)19(23)25/h3,5,7,9,13,15H,2,4,6,8,10-12H2,1H3,(H,21,24). The van der Waals surface area contributed by atoms with Gasteiger partial charge in [-0.1, -0.05) is 31.9 Å². The molecule has 132 valence electrons. The smallest absolute Gasteiger partial charge is 0.330 e. The summed E-state index contributed by atoms with van der Waals surface area (Å²) in [4.78, 5) is 33.2. The highest BCUT2D eigenvalue weighted by Crippen LogP contribution is 2.30. The van der Waals surface area contributed by atoms with Crippen LogP contribution in [0.3, 0.4) is 0 Å². The molecular formula is C19H24N4O2. The van der Waals surface area contributed by atoms with E-state index in [2.05, 4.69) is 17.2 Å². The lowest BCUT2D eigenvalue weighted by Gasteiger charge is -2.36. The third-order valence-electron chi connectivity index (χ3n) is 5.50. The van der Waals surface area contributed by atoms with Crippen LogP contribution in [0.5, 0.6) is 0 Å². The largest absolute Gasteiger partial charge is 0.352 e. The first-order valence-electron chi connectivity index (χ1n) is 9.17. The van der Waals surface area contributed by atoms with Gasteiger partial charge in [0.15, 0.2) is 0 Å². The summed E-state index contributed by atoms with van der Waals surface area (Å²) < 4.78 is 0. The Hall–Kier alpha value is -2.37. The van der Waals surface area contributed by atoms with Crippen LogP contribution in [0.2, 0.25) is 0 Å². The molecule has 1 aliphatic carbocycles. The van der Waals surface area contributed by atoms with Crippen molar-refractivity contribution >= 4 is 23.5 Å². The van der Waals surface area contributed by atoms with Crippen molar-refractivity contribution in [3.8, 4) is 0 Å². The molecule has 1 aromatic rings. The molecule has 0 spiro atoms. The Morgan fingerprint density at radius 2 is 2.08 bits per heavy atom. The van der Waals surface area contributed by atoms with Crippen molar-refractivity contribution in [1.82, 2.24) is 10.2 Å². The molecule has 1 N–H and O–H groups in total. The molecule has 1 aromatic carbocycles. The number of urea groups is 1. The van der Waals surface area contributed by atoms with Gasteiger partial charge in [-0.3, -0.25) is 19.6 Å². The molecule has 0 radical (unpaired) electrons. The van der Waals surface area contributed by atoms with Crippen molar-refractivity contribution in [1.29, 1.82) is 0 Å². The topological polar surface area (TPSA) is 65.0 Å². The van der Waals surface area contributed by atoms with Gasteiger partial charge in [0.2, 0.25) is 5.91 Å². The van der Waals surface area contributed by atoms with Gasteiger partial charge in [-0.05, 0) is 30.9 Å². The van der Waals surface area contributed by atoms with Crippen LogP contribution < -0.4 is 10.2 Å². The molecule has 3 aliphatic rings. The fourth-order valence-electron chi connectivity index (χ4n) is 4.09. The van der Waals surface area contributed by atoms with Crippen molar-refractivity contribution < 1.29 is 9.59 Å². The molecule has 0 aromatic heterocycles. The van der Waals surface area contributed by atoms with Crippen LogP contribution in [0, 0.1) is 5.92 Å². The lowest BCUT2D eigenvalue weighted by Crippen LogP contribution is -2.54. The number of nitrogens with one attached hydrogen (secondary N) is 1. The second kappa shape index (κ2) is 6.50. The highest BCUT2D eigenvalue weighted by Gasteiger charge is 2.38. The number of rotatable bonds is 3. The maximum atomic E-state index is 12.9. The minimum Gasteiger partial charge on any atom is -0.352 e. The van der Waals surface area contributed by atoms with Gasteiger partial charge in [-0.25, -0.2) is 4.79 Å². The number of hydrogen-bond donors (Lipinski definition) is 1. The van der Waals surface area contributed by atoms with E-state index in [-0.39, 0.29) is 24.5 Å². The molecule has 0 saturated heterocycles. The Morgan fingerprint density at radius 3 is 2.92 bits per heavy atom. The average molecular weight is 340 g/mol. The number of aliphatic imine (C=N–C) groups is 1. The van der Waals surface area contributed by atoms with Crippen LogP contribution in [0.25, 0.3) is 0 Å². The summed E-state index contributed by atoms with van der Waals surface area (Å²) in [7, 11) is 0. The zero-order chi connectivity index (χ0) is 17.4. The third kappa shape index (κ3) is 2.90. The van der Waals surface area contributed by atoms with Crippen molar-refractivity contribution in [2.45, 2.75) is 38.6 Å². The number of amides is 3. The first-order chi connectivity index (χ1) is 12.1. The van der Waals surface area contributed by atoms with Gasteiger partial charge in [-0.15, -0.1) is 0 Å². The van der Waals surface area contributed by atoms with Gasteiger partial charge in [0.05, 0.1) is 12.2 Å². The Kier molecular flexibility index (Phi) is 4.19. The van der Waals surface area contributed by atoms with E-state index in [9.17, 15) is 9.59 Å². The molecule has 2 atom stereocenters. The third-order valence-corrected chi connectivity index (χ3v) is 5.50. The molecule has 2 aliphatic heterocycles. The minimum atomic E-state index is -0.151. The van der Waals surface area contributed by atoms with E-state index in [1.807, 2.05) is 24.3 Å². The second-order valence-electron chi connectivity index (χ2n) is 7.18. The van der Waals surface area contributed by atoms with Crippen molar-refractivity contribution in [2.75, 3.05) is 24.5 Å². The van der Waals surface area contributed by atoms with Crippen LogP contribution in [0.4, 0.5) is 10.5 Å². The van der Waals surface area contributed by atoms with E-state index in [4.69, 9.17) is 0 Å². The Bertz CT molecular complexity index is 730. The average Bonchev–Trinajstić information content (AvgIpc) is 3.11. The Morgan fingerprint density at radius 1 is 1.28 bits per heavy atom. The van der Waals surface area contributed by atoms with E-state index in [0.29, 0.717) is 19.0 Å². The van der Waals surface area contributed by atoms with Gasteiger partial charge >= 0.3 is 6.03 Å². The number of fused-ring (bicyclic) bond motifs is 3. The lowest BCUT2D eigenvalue weighted by atomic mass is 9.86. The van der Waals surface area contributed by atoms with E-state index in [1.54, 1.807) is 9.80 Å². The summed E-state index contributed by atoms with van der Waals surface area (Å²) in [6.07, 6.45) is 4.58. The zero-order valence-electron chi connectivity index (χ0n) is 14.6. The monoisotopic (exact) mass is 340 g/mol. The molecule has 3 amide bonds. The number of carbonyl (C=O) groups is 2. The molecule has 4 rings (SSSR count). The van der Waals surface area contributed by atoms with E-state index >= 15 is 0 Å². The molecule has 0 bridgehead atoms. The van der Waals surface area contributed by atoms with Crippen LogP contribution >= 0.6 is 0 Å². The van der Waals surface area contributed by atoms with Crippen LogP contribution in [0.1, 0.15) is 38.2 Å². The van der Waals surface area contributed by atoms with E-state index < -0.39 is 0 Å². The molecule has 1 fully saturated rings. The maximum absolute atomic E-state index is 12.9. The number of nitrogens with zero attached hydrogens (tertiary/aromatic N) is 3. The summed E-state index contributed by atoms with van der Waals surface area (Å²) in [5.41, 5.74) is 1.70. The summed E-state index contributed by atoms with van der Waals surface area (Å²) in [5.74, 6) is 1.15. The SMILES string of the molecule is CC1CCCCC1NC(=O)CN1C(=O)N2CCN=C2c2ccccc21. The van der Waals surface area contributed by atoms with Gasteiger partial charge < -0.3 is 5.32 Å². The fourth-order valence-corrected chi connectivity index (χ4v) is 4.09. The molecule has 25 heavy (non-hydrogen) atoms. The summed E-state index contributed by atoms with van der Waals surface area (Å²) >= 11 is 0. The van der Waals surface area contributed by atoms with Crippen LogP contribution in [-0.4, -0.2) is 48.3 Å². The molecule has 6 heteroatoms. The highest BCUT2D eigenvalue weighted by atomic mass is 16.2. The van der Waals surface area contributed by atoms with Gasteiger partial charge in [-0.2, -0.15) is 0 Å². The zero-order valence-corrected chi connectivity index (χ0v) is 14.6. The lowest BCUT2D eigenvalue weighted by molar-refractivity contribution is -0.121. The summed E-state index contributed by atoms with van der Waals surface area (Å²) in [5, 5.41) is 3.15. The van der Waals surface area contributed by atoms with Crippen molar-refractivity contribution in [2.24, 2.45) is 10.9 Å². The van der Waals surface area contributed by atoms with Crippen LogP contribution in [0.15, 0.2) is 29.3 Å². The predicted octanol–water partition coefficient (Wildman–Crippen LogP) is 2.38. The molecular weight excluding hydrogens is 316 g/mol. The Balaban J connectivity index is 1.53. The highest BCUT2D eigenvalue weighted by molar-refractivity contribution is 6.20. The van der Waals surface area contributed by atoms with Gasteiger partial charge in [0, 0.05) is 18.2 Å². The van der Waals surface area contributed by atoms with Crippen molar-refractivity contribution in [3.05, 3.63) is 29.8 Å². The van der Waals surface area contributed by atoms with Crippen LogP contribution in [-0.2, 0) is 4.79 Å². The predicted molar refractivity (Wildman–Crippen MR) is 96.9 cm³/mol. The number of carbonyl (C=O) groups excluding carboxylic acids is 2. The molecule has 2 unspecified atom stereocenters. The first-order valence-corrected chi connectivity index (χ1v) is 9.17. The normalized spacial score (nSPS) is 25.3. The number of para-hydroxylation sites is 1. The second-order valence-corrected chi connectivity index (χ2v) is 7.18. The number of benzene rings is 1. The molecule has 6 nitrogen and oxygen atoms in total. The quantitative estimate of drug-likeness (QED) is 0.918. The molecule has 1 saturated carbocycles. The van der Waals surface area contributed by atoms with E-state index in [0.717, 1.165) is 36.3 Å². The van der Waals surface area contributed by atoms with Crippen molar-refractivity contribution in [3.63, 3.8) is 0 Å².